The number of sulfonamides is 1. The van der Waals surface area contributed by atoms with Crippen molar-refractivity contribution in [3.05, 3.63) is 24.3 Å². The van der Waals surface area contributed by atoms with Gasteiger partial charge in [0.05, 0.1) is 5.69 Å². The molecule has 0 radical (unpaired) electrons. The molecule has 1 heterocycles. The van der Waals surface area contributed by atoms with Crippen LogP contribution in [-0.4, -0.2) is 46.5 Å². The number of hydrogen-bond acceptors (Lipinski definition) is 4. The van der Waals surface area contributed by atoms with E-state index in [0.29, 0.717) is 22.5 Å². The van der Waals surface area contributed by atoms with Crippen molar-refractivity contribution in [1.29, 1.82) is 0 Å². The van der Waals surface area contributed by atoms with Gasteiger partial charge in [-0.15, -0.1) is 0 Å². The highest BCUT2D eigenvalue weighted by Crippen LogP contribution is 2.25. The molecule has 2 N–H and O–H groups in total. The van der Waals surface area contributed by atoms with Gasteiger partial charge in [-0.3, -0.25) is 0 Å². The van der Waals surface area contributed by atoms with E-state index in [9.17, 15) is 8.42 Å². The number of piperidine rings is 1. The van der Waals surface area contributed by atoms with Crippen LogP contribution in [0.2, 0.25) is 0 Å². The largest absolute Gasteiger partial charge is 0.381 e. The SMILES string of the molecule is CNS(=O)(=O)c1ccccc1NC1CCN(C)CC1C. The molecular formula is C14H23N3O2S. The van der Waals surface area contributed by atoms with Gasteiger partial charge in [-0.25, -0.2) is 13.1 Å². The third-order valence-electron chi connectivity index (χ3n) is 3.89. The van der Waals surface area contributed by atoms with Crippen LogP contribution in [0.15, 0.2) is 29.2 Å². The van der Waals surface area contributed by atoms with Crippen LogP contribution in [0.1, 0.15) is 13.3 Å². The molecule has 1 saturated heterocycles. The molecule has 6 heteroatoms. The summed E-state index contributed by atoms with van der Waals surface area (Å²) in [5, 5.41) is 3.41. The van der Waals surface area contributed by atoms with E-state index in [1.54, 1.807) is 12.1 Å². The Hall–Kier alpha value is -1.11. The molecule has 1 fully saturated rings. The van der Waals surface area contributed by atoms with Crippen LogP contribution in [0.25, 0.3) is 0 Å². The average molecular weight is 297 g/mol. The predicted molar refractivity (Wildman–Crippen MR) is 81.4 cm³/mol. The van der Waals surface area contributed by atoms with Crippen LogP contribution in [0.4, 0.5) is 5.69 Å². The lowest BCUT2D eigenvalue weighted by Crippen LogP contribution is -2.43. The third-order valence-corrected chi connectivity index (χ3v) is 5.37. The molecule has 0 spiro atoms. The Kier molecular flexibility index (Phi) is 4.67. The second-order valence-electron chi connectivity index (χ2n) is 5.48. The topological polar surface area (TPSA) is 61.4 Å². The first-order chi connectivity index (χ1) is 9.44. The quantitative estimate of drug-likeness (QED) is 0.880. The zero-order valence-corrected chi connectivity index (χ0v) is 13.1. The molecule has 112 valence electrons. The lowest BCUT2D eigenvalue weighted by Gasteiger charge is -2.36. The number of nitrogens with zero attached hydrogens (tertiary/aromatic N) is 1. The molecule has 1 aromatic carbocycles. The molecular weight excluding hydrogens is 274 g/mol. The maximum Gasteiger partial charge on any atom is 0.242 e. The first-order valence-electron chi connectivity index (χ1n) is 6.91. The smallest absolute Gasteiger partial charge is 0.242 e. The van der Waals surface area contributed by atoms with Gasteiger partial charge in [0.1, 0.15) is 4.90 Å². The van der Waals surface area contributed by atoms with E-state index in [1.165, 1.54) is 7.05 Å². The number of para-hydroxylation sites is 1. The molecule has 1 aliphatic heterocycles. The van der Waals surface area contributed by atoms with E-state index in [-0.39, 0.29) is 0 Å². The van der Waals surface area contributed by atoms with E-state index >= 15 is 0 Å². The molecule has 2 atom stereocenters. The molecule has 0 amide bonds. The second-order valence-corrected chi connectivity index (χ2v) is 7.34. The van der Waals surface area contributed by atoms with Gasteiger partial charge in [-0.05, 0) is 45.1 Å². The molecule has 1 aliphatic rings. The minimum atomic E-state index is -3.43. The van der Waals surface area contributed by atoms with Crippen molar-refractivity contribution in [1.82, 2.24) is 9.62 Å². The fourth-order valence-corrected chi connectivity index (χ4v) is 3.59. The molecule has 2 unspecified atom stereocenters. The van der Waals surface area contributed by atoms with Gasteiger partial charge in [0, 0.05) is 12.6 Å². The highest BCUT2D eigenvalue weighted by molar-refractivity contribution is 7.89. The van der Waals surface area contributed by atoms with Gasteiger partial charge in [-0.2, -0.15) is 0 Å². The van der Waals surface area contributed by atoms with Gasteiger partial charge in [0.2, 0.25) is 10.0 Å². The maximum atomic E-state index is 12.0. The normalized spacial score (nSPS) is 24.6. The predicted octanol–water partition coefficient (Wildman–Crippen LogP) is 1.35. The molecule has 5 nitrogen and oxygen atoms in total. The third kappa shape index (κ3) is 3.31. The molecule has 0 bridgehead atoms. The Morgan fingerprint density at radius 3 is 2.65 bits per heavy atom. The molecule has 1 aromatic rings. The lowest BCUT2D eigenvalue weighted by atomic mass is 9.94. The fraction of sp³-hybridized carbons (Fsp3) is 0.571. The van der Waals surface area contributed by atoms with Crippen LogP contribution in [-0.2, 0) is 10.0 Å². The van der Waals surface area contributed by atoms with Crippen LogP contribution < -0.4 is 10.0 Å². The van der Waals surface area contributed by atoms with Crippen LogP contribution in [0.3, 0.4) is 0 Å². The Labute approximate surface area is 121 Å². The standard InChI is InChI=1S/C14H23N3O2S/c1-11-10-17(3)9-8-12(11)16-13-6-4-5-7-14(13)20(18,19)15-2/h4-7,11-12,15-16H,8-10H2,1-3H3. The summed E-state index contributed by atoms with van der Waals surface area (Å²) in [6.07, 6.45) is 1.02. The number of benzene rings is 1. The Morgan fingerprint density at radius 2 is 2.00 bits per heavy atom. The monoisotopic (exact) mass is 297 g/mol. The molecule has 0 saturated carbocycles. The molecule has 0 aliphatic carbocycles. The van der Waals surface area contributed by atoms with E-state index in [2.05, 4.69) is 28.9 Å². The van der Waals surface area contributed by atoms with Crippen molar-refractivity contribution in [3.63, 3.8) is 0 Å². The minimum absolute atomic E-state index is 0.305. The fourth-order valence-electron chi connectivity index (χ4n) is 2.70. The summed E-state index contributed by atoms with van der Waals surface area (Å²) in [4.78, 5) is 2.62. The summed E-state index contributed by atoms with van der Waals surface area (Å²) in [5.74, 6) is 0.485. The minimum Gasteiger partial charge on any atom is -0.381 e. The van der Waals surface area contributed by atoms with Crippen molar-refractivity contribution in [2.75, 3.05) is 32.5 Å². The Balaban J connectivity index is 2.22. The molecule has 2 rings (SSSR count). The molecule has 0 aromatic heterocycles. The van der Waals surface area contributed by atoms with Crippen molar-refractivity contribution in [2.24, 2.45) is 5.92 Å². The van der Waals surface area contributed by atoms with Crippen molar-refractivity contribution in [3.8, 4) is 0 Å². The van der Waals surface area contributed by atoms with E-state index in [4.69, 9.17) is 0 Å². The van der Waals surface area contributed by atoms with Crippen LogP contribution in [0.5, 0.6) is 0 Å². The second kappa shape index (κ2) is 6.11. The number of hydrogen-bond donors (Lipinski definition) is 2. The Bertz CT molecular complexity index is 559. The van der Waals surface area contributed by atoms with Crippen LogP contribution >= 0.6 is 0 Å². The van der Waals surface area contributed by atoms with Crippen molar-refractivity contribution >= 4 is 15.7 Å². The van der Waals surface area contributed by atoms with E-state index in [1.807, 2.05) is 12.1 Å². The number of nitrogens with one attached hydrogen (secondary N) is 2. The average Bonchev–Trinajstić information content (AvgIpc) is 2.42. The molecule has 20 heavy (non-hydrogen) atoms. The first kappa shape index (κ1) is 15.3. The summed E-state index contributed by atoms with van der Waals surface area (Å²) >= 11 is 0. The Morgan fingerprint density at radius 1 is 1.30 bits per heavy atom. The summed E-state index contributed by atoms with van der Waals surface area (Å²) in [7, 11) is 0.121. The highest BCUT2D eigenvalue weighted by atomic mass is 32.2. The summed E-state index contributed by atoms with van der Waals surface area (Å²) in [5.41, 5.74) is 0.684. The van der Waals surface area contributed by atoms with Crippen molar-refractivity contribution < 1.29 is 8.42 Å². The van der Waals surface area contributed by atoms with E-state index < -0.39 is 10.0 Å². The van der Waals surface area contributed by atoms with Gasteiger partial charge in [0.25, 0.3) is 0 Å². The summed E-state index contributed by atoms with van der Waals surface area (Å²) < 4.78 is 26.5. The van der Waals surface area contributed by atoms with Gasteiger partial charge < -0.3 is 10.2 Å². The number of likely N-dealkylation sites (tertiary alicyclic amines) is 1. The van der Waals surface area contributed by atoms with Gasteiger partial charge in [0.15, 0.2) is 0 Å². The highest BCUT2D eigenvalue weighted by Gasteiger charge is 2.26. The van der Waals surface area contributed by atoms with Gasteiger partial charge >= 0.3 is 0 Å². The van der Waals surface area contributed by atoms with E-state index in [0.717, 1.165) is 19.5 Å². The maximum absolute atomic E-state index is 12.0. The van der Waals surface area contributed by atoms with Crippen LogP contribution in [0, 0.1) is 5.92 Å². The number of anilines is 1. The zero-order valence-electron chi connectivity index (χ0n) is 12.3. The summed E-state index contributed by atoms with van der Waals surface area (Å²) in [6.45, 7) is 4.25. The summed E-state index contributed by atoms with van der Waals surface area (Å²) in [6, 6.07) is 7.37. The van der Waals surface area contributed by atoms with Crippen molar-refractivity contribution in [2.45, 2.75) is 24.3 Å². The zero-order chi connectivity index (χ0) is 14.8. The lowest BCUT2D eigenvalue weighted by molar-refractivity contribution is 0.206. The van der Waals surface area contributed by atoms with Gasteiger partial charge in [-0.1, -0.05) is 19.1 Å². The first-order valence-corrected chi connectivity index (χ1v) is 8.40. The number of rotatable bonds is 4.